The predicted octanol–water partition coefficient (Wildman–Crippen LogP) is 1.99. The van der Waals surface area contributed by atoms with Crippen LogP contribution in [0.25, 0.3) is 0 Å². The lowest BCUT2D eigenvalue weighted by Gasteiger charge is -2.35. The molecule has 1 aromatic rings. The molecule has 1 aromatic carbocycles. The van der Waals surface area contributed by atoms with Crippen LogP contribution in [-0.2, 0) is 6.54 Å². The number of carbonyl (C=O) groups is 1. The highest BCUT2D eigenvalue weighted by Gasteiger charge is 2.24. The lowest BCUT2D eigenvalue weighted by atomic mass is 10.1. The van der Waals surface area contributed by atoms with E-state index >= 15 is 0 Å². The number of piperazine rings is 1. The smallest absolute Gasteiger partial charge is 0.335 e. The van der Waals surface area contributed by atoms with Gasteiger partial charge in [0.1, 0.15) is 0 Å². The number of carboxylic acid groups (broad SMARTS) is 1. The average molecular weight is 319 g/mol. The van der Waals surface area contributed by atoms with Gasteiger partial charge in [0.2, 0.25) is 0 Å². The Kier molecular flexibility index (Phi) is 4.69. The Bertz CT molecular complexity index is 583. The molecule has 0 bridgehead atoms. The molecule has 0 spiro atoms. The second-order valence-electron chi connectivity index (χ2n) is 5.82. The van der Waals surface area contributed by atoms with Crippen LogP contribution in [-0.4, -0.2) is 64.0 Å². The van der Waals surface area contributed by atoms with Gasteiger partial charge in [-0.05, 0) is 17.7 Å². The van der Waals surface area contributed by atoms with Crippen LogP contribution in [0, 0.1) is 0 Å². The van der Waals surface area contributed by atoms with E-state index in [-0.39, 0.29) is 0 Å². The minimum atomic E-state index is -0.864. The van der Waals surface area contributed by atoms with E-state index in [9.17, 15) is 4.79 Å². The van der Waals surface area contributed by atoms with E-state index in [1.165, 1.54) is 5.17 Å². The maximum Gasteiger partial charge on any atom is 0.335 e. The van der Waals surface area contributed by atoms with E-state index in [1.54, 1.807) is 12.1 Å². The zero-order valence-corrected chi connectivity index (χ0v) is 13.6. The summed E-state index contributed by atoms with van der Waals surface area (Å²) >= 11 is 1.87. The van der Waals surface area contributed by atoms with Crippen molar-refractivity contribution in [2.45, 2.75) is 18.7 Å². The molecule has 6 heteroatoms. The van der Waals surface area contributed by atoms with Crippen LogP contribution in [0.15, 0.2) is 29.3 Å². The molecule has 1 fully saturated rings. The summed E-state index contributed by atoms with van der Waals surface area (Å²) in [6.45, 7) is 7.94. The first-order valence-electron chi connectivity index (χ1n) is 7.62. The summed E-state index contributed by atoms with van der Waals surface area (Å²) in [5.41, 5.74) is 1.43. The number of amidine groups is 1. The Morgan fingerprint density at radius 3 is 2.77 bits per heavy atom. The normalized spacial score (nSPS) is 22.7. The van der Waals surface area contributed by atoms with Gasteiger partial charge in [0.15, 0.2) is 5.17 Å². The summed E-state index contributed by atoms with van der Waals surface area (Å²) in [6.07, 6.45) is 0. The van der Waals surface area contributed by atoms with Gasteiger partial charge < -0.3 is 10.0 Å². The van der Waals surface area contributed by atoms with Crippen LogP contribution in [0.5, 0.6) is 0 Å². The van der Waals surface area contributed by atoms with Crippen LogP contribution in [0.4, 0.5) is 0 Å². The topological polar surface area (TPSA) is 56.1 Å². The zero-order valence-electron chi connectivity index (χ0n) is 12.7. The van der Waals surface area contributed by atoms with Crippen molar-refractivity contribution in [3.63, 3.8) is 0 Å². The number of carboxylic acids is 1. The van der Waals surface area contributed by atoms with Gasteiger partial charge in [0.25, 0.3) is 0 Å². The van der Waals surface area contributed by atoms with E-state index in [1.807, 2.05) is 23.9 Å². The van der Waals surface area contributed by atoms with Crippen molar-refractivity contribution >= 4 is 22.9 Å². The van der Waals surface area contributed by atoms with Crippen molar-refractivity contribution in [1.29, 1.82) is 0 Å². The van der Waals surface area contributed by atoms with Crippen LogP contribution in [0.3, 0.4) is 0 Å². The highest BCUT2D eigenvalue weighted by atomic mass is 32.2. The van der Waals surface area contributed by atoms with Crippen molar-refractivity contribution in [1.82, 2.24) is 9.80 Å². The molecule has 5 nitrogen and oxygen atoms in total. The summed E-state index contributed by atoms with van der Waals surface area (Å²) in [6, 6.07) is 7.23. The molecule has 0 saturated carbocycles. The molecule has 1 atom stereocenters. The number of thioether (sulfide) groups is 1. The van der Waals surface area contributed by atoms with Gasteiger partial charge in [-0.2, -0.15) is 0 Å². The first-order valence-corrected chi connectivity index (χ1v) is 8.50. The first-order chi connectivity index (χ1) is 10.6. The van der Waals surface area contributed by atoms with Gasteiger partial charge in [-0.3, -0.25) is 9.89 Å². The van der Waals surface area contributed by atoms with Crippen LogP contribution in [0.1, 0.15) is 22.8 Å². The molecule has 3 rings (SSSR count). The van der Waals surface area contributed by atoms with Gasteiger partial charge in [-0.15, -0.1) is 0 Å². The molecule has 1 unspecified atom stereocenters. The molecule has 0 radical (unpaired) electrons. The van der Waals surface area contributed by atoms with Gasteiger partial charge in [0, 0.05) is 38.0 Å². The second kappa shape index (κ2) is 6.71. The highest BCUT2D eigenvalue weighted by molar-refractivity contribution is 8.14. The number of benzene rings is 1. The van der Waals surface area contributed by atoms with Gasteiger partial charge >= 0.3 is 5.97 Å². The summed E-state index contributed by atoms with van der Waals surface area (Å²) in [7, 11) is 0. The third-order valence-electron chi connectivity index (χ3n) is 4.01. The minimum absolute atomic E-state index is 0.363. The fraction of sp³-hybridized carbons (Fsp3) is 0.500. The number of hydrogen-bond donors (Lipinski definition) is 1. The fourth-order valence-electron chi connectivity index (χ4n) is 2.79. The van der Waals surface area contributed by atoms with Crippen molar-refractivity contribution in [2.24, 2.45) is 4.99 Å². The average Bonchev–Trinajstić information content (AvgIpc) is 2.95. The molecule has 1 saturated heterocycles. The first kappa shape index (κ1) is 15.4. The van der Waals surface area contributed by atoms with Crippen molar-refractivity contribution < 1.29 is 9.90 Å². The third-order valence-corrected chi connectivity index (χ3v) is 5.16. The monoisotopic (exact) mass is 319 g/mol. The number of hydrogen-bond acceptors (Lipinski definition) is 5. The van der Waals surface area contributed by atoms with E-state index < -0.39 is 5.97 Å². The quantitative estimate of drug-likeness (QED) is 0.923. The summed E-state index contributed by atoms with van der Waals surface area (Å²) in [5, 5.41) is 10.9. The summed E-state index contributed by atoms with van der Waals surface area (Å²) < 4.78 is 0. The molecular formula is C16H21N3O2S. The molecule has 22 heavy (non-hydrogen) atoms. The standard InChI is InChI=1S/C16H21N3O2S/c1-12-10-17-16(22-12)19-7-5-18(6-8-19)11-13-3-2-4-14(9-13)15(20)21/h2-4,9,12H,5-8,10-11H2,1H3,(H,20,21). The van der Waals surface area contributed by atoms with Gasteiger partial charge in [-0.1, -0.05) is 30.8 Å². The molecule has 2 heterocycles. The lowest BCUT2D eigenvalue weighted by Crippen LogP contribution is -2.47. The van der Waals surface area contributed by atoms with Crippen molar-refractivity contribution in [2.75, 3.05) is 32.7 Å². The molecule has 2 aliphatic heterocycles. The Labute approximate surface area is 135 Å². The summed E-state index contributed by atoms with van der Waals surface area (Å²) in [5.74, 6) is -0.864. The molecule has 0 aliphatic carbocycles. The second-order valence-corrected chi connectivity index (χ2v) is 7.23. The largest absolute Gasteiger partial charge is 0.478 e. The minimum Gasteiger partial charge on any atom is -0.478 e. The van der Waals surface area contributed by atoms with Crippen molar-refractivity contribution in [3.05, 3.63) is 35.4 Å². The maximum absolute atomic E-state index is 11.0. The van der Waals surface area contributed by atoms with E-state index in [2.05, 4.69) is 21.7 Å². The molecule has 0 aromatic heterocycles. The SMILES string of the molecule is CC1CN=C(N2CCN(Cc3cccc(C(=O)O)c3)CC2)S1. The van der Waals surface area contributed by atoms with Gasteiger partial charge in [-0.25, -0.2) is 4.79 Å². The zero-order chi connectivity index (χ0) is 15.5. The highest BCUT2D eigenvalue weighted by Crippen LogP contribution is 2.23. The Balaban J connectivity index is 1.54. The molecule has 1 N–H and O–H groups in total. The molecular weight excluding hydrogens is 298 g/mol. The maximum atomic E-state index is 11.0. The molecule has 2 aliphatic rings. The molecule has 118 valence electrons. The Morgan fingerprint density at radius 2 is 2.14 bits per heavy atom. The summed E-state index contributed by atoms with van der Waals surface area (Å²) in [4.78, 5) is 20.4. The predicted molar refractivity (Wildman–Crippen MR) is 89.6 cm³/mol. The Hall–Kier alpha value is -1.53. The molecule has 0 amide bonds. The number of aliphatic imine (C=N–C) groups is 1. The number of rotatable bonds is 3. The van der Waals surface area contributed by atoms with E-state index in [0.29, 0.717) is 10.8 Å². The number of aromatic carboxylic acids is 1. The van der Waals surface area contributed by atoms with E-state index in [0.717, 1.165) is 44.8 Å². The van der Waals surface area contributed by atoms with Crippen LogP contribution in [0.2, 0.25) is 0 Å². The number of nitrogens with zero attached hydrogens (tertiary/aromatic N) is 3. The van der Waals surface area contributed by atoms with Crippen LogP contribution < -0.4 is 0 Å². The van der Waals surface area contributed by atoms with Crippen LogP contribution >= 0.6 is 11.8 Å². The Morgan fingerprint density at radius 1 is 1.36 bits per heavy atom. The van der Waals surface area contributed by atoms with E-state index in [4.69, 9.17) is 5.11 Å². The van der Waals surface area contributed by atoms with Crippen molar-refractivity contribution in [3.8, 4) is 0 Å². The van der Waals surface area contributed by atoms with Gasteiger partial charge in [0.05, 0.1) is 12.1 Å². The fourth-order valence-corrected chi connectivity index (χ4v) is 3.78. The lowest BCUT2D eigenvalue weighted by molar-refractivity contribution is 0.0696. The third kappa shape index (κ3) is 3.62.